The monoisotopic (exact) mass is 345 g/mol. The van der Waals surface area contributed by atoms with Crippen molar-refractivity contribution in [3.8, 4) is 0 Å². The Morgan fingerprint density at radius 1 is 1.11 bits per heavy atom. The normalized spacial score (nSPS) is 10.8. The summed E-state index contributed by atoms with van der Waals surface area (Å²) in [4.78, 5) is 0. The summed E-state index contributed by atoms with van der Waals surface area (Å²) in [5, 5.41) is 3.81. The molecule has 100 valence electrons. The largest absolute Gasteiger partial charge is 0.381 e. The quantitative estimate of drug-likeness (QED) is 0.754. The summed E-state index contributed by atoms with van der Waals surface area (Å²) in [6.07, 6.45) is -2.42. The fourth-order valence-electron chi connectivity index (χ4n) is 1.59. The van der Waals surface area contributed by atoms with Crippen molar-refractivity contribution in [1.82, 2.24) is 0 Å². The Labute approximate surface area is 123 Å². The van der Waals surface area contributed by atoms with Gasteiger partial charge in [0.25, 0.3) is 6.43 Å². The number of nitrogens with one attached hydrogen (secondary N) is 1. The molecule has 0 saturated heterocycles. The van der Waals surface area contributed by atoms with E-state index in [-0.39, 0.29) is 5.56 Å². The average molecular weight is 347 g/mol. The molecule has 0 fully saturated rings. The molecule has 0 aliphatic heterocycles. The molecule has 5 heteroatoms. The molecule has 0 unspecified atom stereocenters. The molecule has 0 radical (unpaired) electrons. The minimum Gasteiger partial charge on any atom is -0.381 e. The van der Waals surface area contributed by atoms with Crippen LogP contribution in [-0.2, 0) is 6.54 Å². The van der Waals surface area contributed by atoms with Gasteiger partial charge in [0.05, 0.1) is 5.02 Å². The van der Waals surface area contributed by atoms with Gasteiger partial charge in [-0.2, -0.15) is 0 Å². The Morgan fingerprint density at radius 2 is 1.79 bits per heavy atom. The third-order valence-corrected chi connectivity index (χ3v) is 3.88. The van der Waals surface area contributed by atoms with Crippen molar-refractivity contribution in [2.24, 2.45) is 0 Å². The first-order chi connectivity index (χ1) is 9.06. The third kappa shape index (κ3) is 3.91. The molecule has 1 N–H and O–H groups in total. The predicted molar refractivity (Wildman–Crippen MR) is 77.9 cm³/mol. The highest BCUT2D eigenvalue weighted by Gasteiger charge is 2.05. The maximum atomic E-state index is 12.4. The van der Waals surface area contributed by atoms with E-state index in [0.717, 1.165) is 15.7 Å². The van der Waals surface area contributed by atoms with Crippen LogP contribution in [0.4, 0.5) is 14.5 Å². The van der Waals surface area contributed by atoms with Crippen molar-refractivity contribution < 1.29 is 8.78 Å². The lowest BCUT2D eigenvalue weighted by atomic mass is 10.1. The number of alkyl halides is 2. The number of rotatable bonds is 4. The molecule has 0 aromatic heterocycles. The van der Waals surface area contributed by atoms with E-state index in [1.165, 1.54) is 12.1 Å². The van der Waals surface area contributed by atoms with E-state index in [9.17, 15) is 8.78 Å². The Bertz CT molecular complexity index is 558. The summed E-state index contributed by atoms with van der Waals surface area (Å²) in [5.41, 5.74) is 1.85. The van der Waals surface area contributed by atoms with E-state index in [4.69, 9.17) is 11.6 Å². The Balaban J connectivity index is 2.00. The first kappa shape index (κ1) is 14.3. The maximum Gasteiger partial charge on any atom is 0.263 e. The van der Waals surface area contributed by atoms with Gasteiger partial charge in [-0.05, 0) is 39.7 Å². The van der Waals surface area contributed by atoms with Crippen LogP contribution >= 0.6 is 27.5 Å². The molecular weight excluding hydrogens is 336 g/mol. The van der Waals surface area contributed by atoms with Crippen LogP contribution in [-0.4, -0.2) is 0 Å². The van der Waals surface area contributed by atoms with Gasteiger partial charge in [0.2, 0.25) is 0 Å². The zero-order valence-electron chi connectivity index (χ0n) is 9.84. The second-order valence-electron chi connectivity index (χ2n) is 4.02. The van der Waals surface area contributed by atoms with E-state index in [0.29, 0.717) is 11.6 Å². The van der Waals surface area contributed by atoms with Gasteiger partial charge in [-0.15, -0.1) is 0 Å². The number of halogens is 4. The zero-order chi connectivity index (χ0) is 13.8. The lowest BCUT2D eigenvalue weighted by molar-refractivity contribution is 0.151. The van der Waals surface area contributed by atoms with Crippen LogP contribution in [0.3, 0.4) is 0 Å². The molecular formula is C14H11BrClF2N. The van der Waals surface area contributed by atoms with Gasteiger partial charge in [-0.25, -0.2) is 8.78 Å². The molecule has 0 amide bonds. The summed E-state index contributed by atoms with van der Waals surface area (Å²) < 4.78 is 25.6. The predicted octanol–water partition coefficient (Wildman–Crippen LogP) is 5.65. The number of hydrogen-bond acceptors (Lipinski definition) is 1. The van der Waals surface area contributed by atoms with Crippen LogP contribution in [0, 0.1) is 0 Å². The average Bonchev–Trinajstić information content (AvgIpc) is 2.40. The van der Waals surface area contributed by atoms with E-state index in [2.05, 4.69) is 21.2 Å². The van der Waals surface area contributed by atoms with Gasteiger partial charge in [-0.3, -0.25) is 0 Å². The standard InChI is InChI=1S/C14H11BrClF2N/c15-12-6-5-11(7-13(12)16)19-8-9-1-3-10(4-2-9)14(17)18/h1-7,14,19H,8H2. The summed E-state index contributed by atoms with van der Waals surface area (Å²) >= 11 is 9.30. The number of anilines is 1. The van der Waals surface area contributed by atoms with Gasteiger partial charge in [0, 0.05) is 22.3 Å². The first-order valence-corrected chi connectivity index (χ1v) is 6.79. The number of hydrogen-bond donors (Lipinski definition) is 1. The van der Waals surface area contributed by atoms with E-state index < -0.39 is 6.43 Å². The van der Waals surface area contributed by atoms with Crippen molar-refractivity contribution in [1.29, 1.82) is 0 Å². The molecule has 0 bridgehead atoms. The van der Waals surface area contributed by atoms with Crippen molar-refractivity contribution in [2.45, 2.75) is 13.0 Å². The summed E-state index contributed by atoms with van der Waals surface area (Å²) in [6, 6.07) is 11.8. The summed E-state index contributed by atoms with van der Waals surface area (Å²) in [7, 11) is 0. The van der Waals surface area contributed by atoms with Crippen molar-refractivity contribution in [3.63, 3.8) is 0 Å². The Kier molecular flexibility index (Phi) is 4.77. The fraction of sp³-hybridized carbons (Fsp3) is 0.143. The lowest BCUT2D eigenvalue weighted by Crippen LogP contribution is -1.99. The van der Waals surface area contributed by atoms with Crippen LogP contribution in [0.25, 0.3) is 0 Å². The molecule has 0 atom stereocenters. The molecule has 2 rings (SSSR count). The zero-order valence-corrected chi connectivity index (χ0v) is 12.2. The maximum absolute atomic E-state index is 12.4. The molecule has 0 spiro atoms. The van der Waals surface area contributed by atoms with Crippen LogP contribution in [0.5, 0.6) is 0 Å². The second kappa shape index (κ2) is 6.35. The molecule has 0 heterocycles. The van der Waals surface area contributed by atoms with Crippen molar-refractivity contribution in [3.05, 3.63) is 63.1 Å². The second-order valence-corrected chi connectivity index (χ2v) is 5.29. The van der Waals surface area contributed by atoms with Crippen LogP contribution < -0.4 is 5.32 Å². The molecule has 0 saturated carbocycles. The highest BCUT2D eigenvalue weighted by atomic mass is 79.9. The Morgan fingerprint density at radius 3 is 2.37 bits per heavy atom. The molecule has 2 aromatic rings. The van der Waals surface area contributed by atoms with E-state index in [1.807, 2.05) is 12.1 Å². The molecule has 0 aliphatic rings. The SMILES string of the molecule is FC(F)c1ccc(CNc2ccc(Br)c(Cl)c2)cc1. The van der Waals surface area contributed by atoms with Crippen molar-refractivity contribution >= 4 is 33.2 Å². The Hall–Kier alpha value is -1.13. The summed E-state index contributed by atoms with van der Waals surface area (Å²) in [6.45, 7) is 0.557. The van der Waals surface area contributed by atoms with E-state index in [1.54, 1.807) is 18.2 Å². The highest BCUT2D eigenvalue weighted by molar-refractivity contribution is 9.10. The van der Waals surface area contributed by atoms with Gasteiger partial charge in [-0.1, -0.05) is 35.9 Å². The van der Waals surface area contributed by atoms with Gasteiger partial charge in [0.15, 0.2) is 0 Å². The highest BCUT2D eigenvalue weighted by Crippen LogP contribution is 2.26. The smallest absolute Gasteiger partial charge is 0.263 e. The minimum atomic E-state index is -2.42. The van der Waals surface area contributed by atoms with Gasteiger partial charge in [0.1, 0.15) is 0 Å². The topological polar surface area (TPSA) is 12.0 Å². The van der Waals surface area contributed by atoms with Gasteiger partial charge >= 0.3 is 0 Å². The van der Waals surface area contributed by atoms with Crippen LogP contribution in [0.15, 0.2) is 46.9 Å². The minimum absolute atomic E-state index is 0.0374. The summed E-state index contributed by atoms with van der Waals surface area (Å²) in [5.74, 6) is 0. The van der Waals surface area contributed by atoms with Crippen molar-refractivity contribution in [2.75, 3.05) is 5.32 Å². The fourth-order valence-corrected chi connectivity index (χ4v) is 2.02. The third-order valence-electron chi connectivity index (χ3n) is 2.65. The molecule has 1 nitrogen and oxygen atoms in total. The molecule has 0 aliphatic carbocycles. The lowest BCUT2D eigenvalue weighted by Gasteiger charge is -2.08. The molecule has 19 heavy (non-hydrogen) atoms. The molecule has 2 aromatic carbocycles. The van der Waals surface area contributed by atoms with Crippen LogP contribution in [0.2, 0.25) is 5.02 Å². The van der Waals surface area contributed by atoms with E-state index >= 15 is 0 Å². The van der Waals surface area contributed by atoms with Gasteiger partial charge < -0.3 is 5.32 Å². The van der Waals surface area contributed by atoms with Crippen LogP contribution in [0.1, 0.15) is 17.6 Å². The first-order valence-electron chi connectivity index (χ1n) is 5.62. The number of benzene rings is 2.